The first-order chi connectivity index (χ1) is 28.5. The molecule has 0 spiro atoms. The molecule has 10 rings (SSSR count). The van der Waals surface area contributed by atoms with Gasteiger partial charge < -0.3 is 4.42 Å². The average molecular weight is 633 g/mol. The van der Waals surface area contributed by atoms with Gasteiger partial charge in [0.1, 0.15) is 11.2 Å². The number of furan rings is 1. The zero-order valence-electron chi connectivity index (χ0n) is 36.0. The molecule has 1 heterocycles. The highest BCUT2D eigenvalue weighted by atomic mass is 16.3. The standard InChI is InChI=1S/C48H30O/c1-3-13-31(14-4-1)32-23-25-34(26-24-32)46-37-18-8-10-20-39(37)47(40-21-11-9-19-38(40)46)35-27-28-45-43(29-35)44-30-42(33-15-5-2-6-16-33)36-17-7-12-22-41(36)48(44)49-45/h1-30H/i2D,5D,6D,7D,12D,15D,16D,17D,22D,30D. The van der Waals surface area contributed by atoms with Gasteiger partial charge in [-0.15, -0.1) is 0 Å². The van der Waals surface area contributed by atoms with E-state index in [4.69, 9.17) is 16.8 Å². The second-order valence-electron chi connectivity index (χ2n) is 12.1. The highest BCUT2D eigenvalue weighted by Gasteiger charge is 2.19. The van der Waals surface area contributed by atoms with Crippen LogP contribution in [-0.4, -0.2) is 0 Å². The summed E-state index contributed by atoms with van der Waals surface area (Å²) in [5.41, 5.74) is 6.03. The van der Waals surface area contributed by atoms with Crippen molar-refractivity contribution in [1.82, 2.24) is 0 Å². The molecule has 0 bridgehead atoms. The summed E-state index contributed by atoms with van der Waals surface area (Å²) in [5, 5.41) is 4.53. The third-order valence-corrected chi connectivity index (χ3v) is 9.35. The van der Waals surface area contributed by atoms with Gasteiger partial charge in [0, 0.05) is 16.2 Å². The lowest BCUT2D eigenvalue weighted by atomic mass is 9.85. The van der Waals surface area contributed by atoms with E-state index in [1.165, 1.54) is 0 Å². The summed E-state index contributed by atoms with van der Waals surface area (Å²) in [5.74, 6) is 0. The molecule has 1 nitrogen and oxygen atoms in total. The van der Waals surface area contributed by atoms with E-state index in [1.54, 1.807) is 6.07 Å². The Morgan fingerprint density at radius 1 is 0.367 bits per heavy atom. The highest BCUT2D eigenvalue weighted by Crippen LogP contribution is 2.46. The van der Waals surface area contributed by atoms with E-state index in [1.807, 2.05) is 54.6 Å². The Morgan fingerprint density at radius 3 is 1.57 bits per heavy atom. The van der Waals surface area contributed by atoms with Crippen molar-refractivity contribution in [2.45, 2.75) is 0 Å². The van der Waals surface area contributed by atoms with Crippen LogP contribution in [0.1, 0.15) is 13.7 Å². The number of fused-ring (bicyclic) bond motifs is 7. The normalized spacial score (nSPS) is 14.5. The van der Waals surface area contributed by atoms with Gasteiger partial charge in [0.15, 0.2) is 0 Å². The van der Waals surface area contributed by atoms with Crippen LogP contribution in [0.5, 0.6) is 0 Å². The molecule has 0 aliphatic carbocycles. The summed E-state index contributed by atoms with van der Waals surface area (Å²) in [6, 6.07) is 35.6. The molecule has 0 amide bonds. The lowest BCUT2D eigenvalue weighted by Gasteiger charge is -2.18. The van der Waals surface area contributed by atoms with Gasteiger partial charge in [-0.3, -0.25) is 0 Å². The van der Waals surface area contributed by atoms with Crippen LogP contribution in [0.3, 0.4) is 0 Å². The average Bonchev–Trinajstić information content (AvgIpc) is 3.65. The predicted octanol–water partition coefficient (Wildman–Crippen LogP) is 13.7. The Morgan fingerprint density at radius 2 is 0.898 bits per heavy atom. The summed E-state index contributed by atoms with van der Waals surface area (Å²) in [6.07, 6.45) is 0. The fraction of sp³-hybridized carbons (Fsp3) is 0. The zero-order valence-corrected chi connectivity index (χ0v) is 26.0. The quantitative estimate of drug-likeness (QED) is 0.176. The van der Waals surface area contributed by atoms with E-state index in [0.29, 0.717) is 11.0 Å². The summed E-state index contributed by atoms with van der Waals surface area (Å²) < 4.78 is 94.0. The number of rotatable bonds is 4. The molecule has 0 fully saturated rings. The third kappa shape index (κ3) is 4.40. The van der Waals surface area contributed by atoms with Crippen molar-refractivity contribution in [2.24, 2.45) is 0 Å². The second-order valence-corrected chi connectivity index (χ2v) is 12.1. The maximum atomic E-state index is 9.72. The maximum absolute atomic E-state index is 9.72. The van der Waals surface area contributed by atoms with Crippen molar-refractivity contribution in [3.63, 3.8) is 0 Å². The van der Waals surface area contributed by atoms with Crippen molar-refractivity contribution < 1.29 is 18.1 Å². The van der Waals surface area contributed by atoms with Crippen molar-refractivity contribution in [3.05, 3.63) is 182 Å². The number of hydrogen-bond donors (Lipinski definition) is 0. The minimum atomic E-state index is -0.622. The minimum absolute atomic E-state index is 0.0416. The van der Waals surface area contributed by atoms with E-state index >= 15 is 0 Å². The van der Waals surface area contributed by atoms with Crippen LogP contribution >= 0.6 is 0 Å². The number of benzene rings is 9. The molecule has 1 heteroatoms. The Bertz CT molecular complexity index is 3340. The molecule has 0 radical (unpaired) electrons. The SMILES string of the molecule is [2H]c1c([2H])c([2H])c(-c2c([2H])c3c4cc(-c5c6ccccc6c(-c6ccc(-c7ccccc7)cc6)c6ccccc56)ccc4oc3c3c([2H])c([2H])c([2H])c([2H])c23)c([2H])c1[2H]. The number of hydrogen-bond acceptors (Lipinski definition) is 1. The fourth-order valence-electron chi connectivity index (χ4n) is 7.18. The molecule has 0 aliphatic heterocycles. The van der Waals surface area contributed by atoms with Crippen LogP contribution in [0.2, 0.25) is 0 Å². The van der Waals surface area contributed by atoms with Crippen molar-refractivity contribution in [2.75, 3.05) is 0 Å². The molecule has 0 saturated heterocycles. The molecule has 0 atom stereocenters. The minimum Gasteiger partial charge on any atom is -0.455 e. The zero-order chi connectivity index (χ0) is 41.0. The van der Waals surface area contributed by atoms with Gasteiger partial charge in [-0.2, -0.15) is 0 Å². The fourth-order valence-corrected chi connectivity index (χ4v) is 7.18. The first kappa shape index (κ1) is 19.4. The predicted molar refractivity (Wildman–Crippen MR) is 208 cm³/mol. The van der Waals surface area contributed by atoms with E-state index in [2.05, 4.69) is 60.7 Å². The Balaban J connectivity index is 1.29. The molecule has 49 heavy (non-hydrogen) atoms. The lowest BCUT2D eigenvalue weighted by molar-refractivity contribution is 0.673. The molecular formula is C48H30O. The van der Waals surface area contributed by atoms with E-state index in [0.717, 1.165) is 54.9 Å². The monoisotopic (exact) mass is 632 g/mol. The summed E-state index contributed by atoms with van der Waals surface area (Å²) in [4.78, 5) is 0. The van der Waals surface area contributed by atoms with Crippen LogP contribution < -0.4 is 0 Å². The Labute approximate surface area is 298 Å². The smallest absolute Gasteiger partial charge is 0.143 e. The third-order valence-electron chi connectivity index (χ3n) is 9.35. The van der Waals surface area contributed by atoms with E-state index < -0.39 is 54.4 Å². The van der Waals surface area contributed by atoms with Gasteiger partial charge in [-0.1, -0.05) is 164 Å². The second kappa shape index (κ2) is 11.1. The van der Waals surface area contributed by atoms with Crippen molar-refractivity contribution in [1.29, 1.82) is 0 Å². The molecule has 1 aromatic heterocycles. The van der Waals surface area contributed by atoms with Gasteiger partial charge in [-0.25, -0.2) is 0 Å². The van der Waals surface area contributed by atoms with E-state index in [-0.39, 0.29) is 38.9 Å². The van der Waals surface area contributed by atoms with Crippen LogP contribution in [0.4, 0.5) is 0 Å². The molecular weight excluding hydrogens is 593 g/mol. The maximum Gasteiger partial charge on any atom is 0.143 e. The molecule has 0 aliphatic rings. The van der Waals surface area contributed by atoms with Crippen molar-refractivity contribution in [3.8, 4) is 44.5 Å². The first-order valence-electron chi connectivity index (χ1n) is 21.0. The summed E-state index contributed by atoms with van der Waals surface area (Å²) >= 11 is 0. The molecule has 0 unspecified atom stereocenters. The molecule has 0 saturated carbocycles. The summed E-state index contributed by atoms with van der Waals surface area (Å²) in [7, 11) is 0. The van der Waals surface area contributed by atoms with Gasteiger partial charge >= 0.3 is 0 Å². The van der Waals surface area contributed by atoms with Gasteiger partial charge in [0.2, 0.25) is 0 Å². The van der Waals surface area contributed by atoms with Gasteiger partial charge in [0.25, 0.3) is 0 Å². The van der Waals surface area contributed by atoms with Crippen LogP contribution in [-0.2, 0) is 0 Å². The summed E-state index contributed by atoms with van der Waals surface area (Å²) in [6.45, 7) is 0. The highest BCUT2D eigenvalue weighted by molar-refractivity contribution is 6.23. The molecule has 10 aromatic rings. The molecule has 228 valence electrons. The Kier molecular flexibility index (Phi) is 4.39. The van der Waals surface area contributed by atoms with E-state index in [9.17, 15) is 1.37 Å². The van der Waals surface area contributed by atoms with Crippen LogP contribution in [0.25, 0.3) is 98.8 Å². The van der Waals surface area contributed by atoms with Gasteiger partial charge in [0.05, 0.1) is 13.7 Å². The van der Waals surface area contributed by atoms with Gasteiger partial charge in [-0.05, 0) is 89.6 Å². The van der Waals surface area contributed by atoms with Crippen molar-refractivity contribution >= 4 is 54.3 Å². The van der Waals surface area contributed by atoms with Crippen LogP contribution in [0, 0.1) is 0 Å². The van der Waals surface area contributed by atoms with Crippen LogP contribution in [0.15, 0.2) is 186 Å². The first-order valence-corrected chi connectivity index (χ1v) is 16.0. The lowest BCUT2D eigenvalue weighted by Crippen LogP contribution is -1.91. The topological polar surface area (TPSA) is 13.1 Å². The molecule has 9 aromatic carbocycles. The molecule has 0 N–H and O–H groups in total. The largest absolute Gasteiger partial charge is 0.455 e. The Hall–Kier alpha value is -6.44.